The fourth-order valence-corrected chi connectivity index (χ4v) is 13.4. The molecule has 0 radical (unpaired) electrons. The van der Waals surface area contributed by atoms with Crippen molar-refractivity contribution in [3.8, 4) is 0 Å². The first-order chi connectivity index (χ1) is 8.42. The van der Waals surface area contributed by atoms with Gasteiger partial charge in [-0.3, -0.25) is 0 Å². The van der Waals surface area contributed by atoms with Gasteiger partial charge in [0.15, 0.2) is 0 Å². The van der Waals surface area contributed by atoms with Gasteiger partial charge < -0.3 is 17.8 Å². The molecule has 2 N–H and O–H groups in total. The molecule has 0 saturated heterocycles. The molecular formula is C12H28O4Si3. The van der Waals surface area contributed by atoms with Gasteiger partial charge in [-0.15, -0.1) is 13.2 Å². The molecule has 7 heteroatoms. The first kappa shape index (κ1) is 19.0. The molecule has 0 aliphatic carbocycles. The zero-order valence-corrected chi connectivity index (χ0v) is 15.9. The van der Waals surface area contributed by atoms with Crippen LogP contribution >= 0.6 is 0 Å². The van der Waals surface area contributed by atoms with E-state index < -0.39 is 25.7 Å². The maximum Gasteiger partial charge on any atom is 0.349 e. The van der Waals surface area contributed by atoms with Crippen LogP contribution in [0.4, 0.5) is 0 Å². The summed E-state index contributed by atoms with van der Waals surface area (Å²) in [7, 11) is -8.73. The number of hydrogen-bond acceptors (Lipinski definition) is 4. The normalized spacial score (nSPS) is 19.1. The van der Waals surface area contributed by atoms with Gasteiger partial charge in [-0.1, -0.05) is 39.1 Å². The van der Waals surface area contributed by atoms with Gasteiger partial charge in [0.05, 0.1) is 0 Å². The van der Waals surface area contributed by atoms with Crippen LogP contribution in [0.5, 0.6) is 0 Å². The van der Waals surface area contributed by atoms with Crippen molar-refractivity contribution < 1.29 is 17.8 Å². The first-order valence-corrected chi connectivity index (χ1v) is 13.4. The van der Waals surface area contributed by atoms with E-state index in [0.29, 0.717) is 0 Å². The molecule has 0 heterocycles. The second-order valence-corrected chi connectivity index (χ2v) is 16.2. The summed E-state index contributed by atoms with van der Waals surface area (Å²) in [5.74, 6) is 0. The van der Waals surface area contributed by atoms with Crippen LogP contribution in [0, 0.1) is 0 Å². The molecule has 0 aromatic heterocycles. The molecule has 0 bridgehead atoms. The minimum atomic E-state index is -2.97. The molecule has 0 aromatic carbocycles. The third kappa shape index (κ3) is 5.10. The van der Waals surface area contributed by atoms with E-state index >= 15 is 0 Å². The Hall–Kier alpha value is -0.0294. The summed E-state index contributed by atoms with van der Waals surface area (Å²) < 4.78 is 12.1. The highest BCUT2D eigenvalue weighted by atomic mass is 28.5. The molecule has 2 unspecified atom stereocenters. The highest BCUT2D eigenvalue weighted by Gasteiger charge is 2.52. The average Bonchev–Trinajstić information content (AvgIpc) is 2.27. The van der Waals surface area contributed by atoms with E-state index in [9.17, 15) is 9.59 Å². The minimum Gasteiger partial charge on any atom is -0.412 e. The lowest BCUT2D eigenvalue weighted by molar-refractivity contribution is 0.270. The van der Waals surface area contributed by atoms with Crippen molar-refractivity contribution >= 4 is 25.7 Å². The van der Waals surface area contributed by atoms with Crippen LogP contribution in [-0.4, -0.2) is 35.3 Å². The van der Waals surface area contributed by atoms with Crippen LogP contribution in [0.15, 0.2) is 24.6 Å². The van der Waals surface area contributed by atoms with Gasteiger partial charge in [0.2, 0.25) is 0 Å². The molecule has 0 aromatic rings. The van der Waals surface area contributed by atoms with Gasteiger partial charge in [-0.25, -0.2) is 0 Å². The molecule has 112 valence electrons. The largest absolute Gasteiger partial charge is 0.412 e. The molecule has 0 saturated carbocycles. The predicted molar refractivity (Wildman–Crippen MR) is 86.2 cm³/mol. The zero-order chi connectivity index (χ0) is 15.5. The van der Waals surface area contributed by atoms with Crippen LogP contribution in [0.3, 0.4) is 0 Å². The molecule has 19 heavy (non-hydrogen) atoms. The van der Waals surface area contributed by atoms with E-state index in [1.807, 2.05) is 27.7 Å². The highest BCUT2D eigenvalue weighted by Crippen LogP contribution is 2.38. The average molecular weight is 321 g/mol. The number of rotatable bonds is 8. The van der Waals surface area contributed by atoms with Gasteiger partial charge >= 0.3 is 25.7 Å². The van der Waals surface area contributed by atoms with E-state index in [-0.39, 0.29) is 11.1 Å². The van der Waals surface area contributed by atoms with Crippen LogP contribution in [0.2, 0.25) is 24.2 Å². The van der Waals surface area contributed by atoms with Crippen molar-refractivity contribution in [2.24, 2.45) is 0 Å². The van der Waals surface area contributed by atoms with E-state index in [1.54, 1.807) is 13.1 Å². The van der Waals surface area contributed by atoms with Crippen LogP contribution in [-0.2, 0) is 8.23 Å². The Morgan fingerprint density at radius 2 is 1.11 bits per heavy atom. The second kappa shape index (κ2) is 6.62. The second-order valence-electron chi connectivity index (χ2n) is 5.75. The van der Waals surface area contributed by atoms with Crippen LogP contribution in [0.25, 0.3) is 0 Å². The summed E-state index contributed by atoms with van der Waals surface area (Å²) in [4.78, 5) is 20.6. The Morgan fingerprint density at radius 3 is 1.26 bits per heavy atom. The lowest BCUT2D eigenvalue weighted by Crippen LogP contribution is -2.60. The van der Waals surface area contributed by atoms with Crippen LogP contribution in [0.1, 0.15) is 27.7 Å². The standard InChI is InChI=1S/C12H28O4Si3/c1-9-17(7,13)15-19(11(3)4,12(5)6)16-18(8,14)10-2/h9-14H,1-2H2,3-8H3. The maximum atomic E-state index is 10.3. The molecule has 2 atom stereocenters. The van der Waals surface area contributed by atoms with Crippen molar-refractivity contribution in [1.29, 1.82) is 0 Å². The molecular weight excluding hydrogens is 292 g/mol. The van der Waals surface area contributed by atoms with Crippen molar-refractivity contribution in [3.63, 3.8) is 0 Å². The molecule has 0 aliphatic heterocycles. The van der Waals surface area contributed by atoms with Crippen molar-refractivity contribution in [1.82, 2.24) is 0 Å². The minimum absolute atomic E-state index is 0.102. The Bertz CT molecular complexity index is 295. The lowest BCUT2D eigenvalue weighted by atomic mass is 10.5. The quantitative estimate of drug-likeness (QED) is 0.675. The van der Waals surface area contributed by atoms with Gasteiger partial charge in [-0.2, -0.15) is 0 Å². The summed E-state index contributed by atoms with van der Waals surface area (Å²) in [5, 5.41) is 0. The fourth-order valence-electron chi connectivity index (χ4n) is 1.89. The lowest BCUT2D eigenvalue weighted by Gasteiger charge is -2.44. The van der Waals surface area contributed by atoms with Crippen molar-refractivity contribution in [3.05, 3.63) is 24.6 Å². The SMILES string of the molecule is C=C[Si](C)(O)O[Si](O[Si](C)(O)C=C)(C(C)C)C(C)C. The summed E-state index contributed by atoms with van der Waals surface area (Å²) in [6.45, 7) is 18.6. The smallest absolute Gasteiger partial charge is 0.349 e. The van der Waals surface area contributed by atoms with E-state index in [1.165, 1.54) is 11.4 Å². The molecule has 0 fully saturated rings. The summed E-state index contributed by atoms with van der Waals surface area (Å²) in [5.41, 5.74) is 3.16. The van der Waals surface area contributed by atoms with E-state index in [4.69, 9.17) is 8.23 Å². The maximum absolute atomic E-state index is 10.3. The molecule has 0 rings (SSSR count). The molecule has 0 amide bonds. The van der Waals surface area contributed by atoms with E-state index in [0.717, 1.165) is 0 Å². The fraction of sp³-hybridized carbons (Fsp3) is 0.667. The third-order valence-electron chi connectivity index (χ3n) is 3.10. The van der Waals surface area contributed by atoms with Gasteiger partial charge in [0.1, 0.15) is 0 Å². The Morgan fingerprint density at radius 1 is 0.842 bits per heavy atom. The summed E-state index contributed by atoms with van der Waals surface area (Å²) in [6.07, 6.45) is 0. The zero-order valence-electron chi connectivity index (χ0n) is 12.9. The van der Waals surface area contributed by atoms with Gasteiger partial charge in [-0.05, 0) is 24.2 Å². The molecule has 4 nitrogen and oxygen atoms in total. The first-order valence-electron chi connectivity index (χ1n) is 6.54. The van der Waals surface area contributed by atoms with E-state index in [2.05, 4.69) is 13.2 Å². The molecule has 0 aliphatic rings. The Balaban J connectivity index is 5.57. The Kier molecular flexibility index (Phi) is 6.61. The van der Waals surface area contributed by atoms with Crippen molar-refractivity contribution in [2.75, 3.05) is 0 Å². The molecule has 0 spiro atoms. The van der Waals surface area contributed by atoms with Gasteiger partial charge in [0.25, 0.3) is 0 Å². The Labute approximate surface area is 120 Å². The topological polar surface area (TPSA) is 58.9 Å². The highest BCUT2D eigenvalue weighted by molar-refractivity contribution is 6.89. The predicted octanol–water partition coefficient (Wildman–Crippen LogP) is 2.86. The summed E-state index contributed by atoms with van der Waals surface area (Å²) in [6, 6.07) is 0. The summed E-state index contributed by atoms with van der Waals surface area (Å²) >= 11 is 0. The van der Waals surface area contributed by atoms with Crippen molar-refractivity contribution in [2.45, 2.75) is 51.9 Å². The monoisotopic (exact) mass is 320 g/mol. The number of hydrogen-bond donors (Lipinski definition) is 2. The van der Waals surface area contributed by atoms with Gasteiger partial charge in [0, 0.05) is 0 Å². The third-order valence-corrected chi connectivity index (χ3v) is 13.7. The van der Waals surface area contributed by atoms with Crippen LogP contribution < -0.4 is 0 Å².